The molecule has 2 nitrogen and oxygen atoms in total. The molecule has 0 amide bonds. The van der Waals surface area contributed by atoms with Crippen LogP contribution in [0.1, 0.15) is 60.8 Å². The van der Waals surface area contributed by atoms with Gasteiger partial charge < -0.3 is 4.74 Å². The van der Waals surface area contributed by atoms with Gasteiger partial charge in [-0.3, -0.25) is 4.79 Å². The lowest BCUT2D eigenvalue weighted by molar-refractivity contribution is -0.161. The highest BCUT2D eigenvalue weighted by molar-refractivity contribution is 5.66. The summed E-state index contributed by atoms with van der Waals surface area (Å²) in [6, 6.07) is 0. The van der Waals surface area contributed by atoms with Crippen LogP contribution >= 0.6 is 0 Å². The van der Waals surface area contributed by atoms with Gasteiger partial charge in [0.15, 0.2) is 0 Å². The molecule has 0 N–H and O–H groups in total. The highest BCUT2D eigenvalue weighted by Gasteiger charge is 2.42. The number of carbonyl (C=O) groups is 1. The number of esters is 1. The highest BCUT2D eigenvalue weighted by Crippen LogP contribution is 2.45. The van der Waals surface area contributed by atoms with E-state index in [0.717, 1.165) is 12.3 Å². The van der Waals surface area contributed by atoms with Crippen molar-refractivity contribution >= 4 is 5.97 Å². The first-order chi connectivity index (χ1) is 7.75. The second-order valence-corrected chi connectivity index (χ2v) is 6.79. The van der Waals surface area contributed by atoms with Crippen LogP contribution in [-0.2, 0) is 9.53 Å². The lowest BCUT2D eigenvalue weighted by Gasteiger charge is -2.46. The van der Waals surface area contributed by atoms with Gasteiger partial charge in [-0.1, -0.05) is 34.6 Å². The zero-order chi connectivity index (χ0) is 13.2. The Hall–Kier alpha value is -0.530. The van der Waals surface area contributed by atoms with Crippen molar-refractivity contribution in [3.05, 3.63) is 0 Å². The van der Waals surface area contributed by atoms with Crippen molar-refractivity contribution in [3.63, 3.8) is 0 Å². The van der Waals surface area contributed by atoms with Gasteiger partial charge in [-0.15, -0.1) is 0 Å². The standard InChI is InChI=1S/C15H28O2/c1-7-12-8-10(2)9-13(15(4,5)6)14(12)17-11(3)16/h10,12-14H,7-9H2,1-6H3. The fourth-order valence-electron chi connectivity index (χ4n) is 3.26. The summed E-state index contributed by atoms with van der Waals surface area (Å²) in [5.41, 5.74) is 0.211. The SMILES string of the molecule is CCC1CC(C)CC(C(C)(C)C)C1OC(C)=O. The van der Waals surface area contributed by atoms with Gasteiger partial charge in [0.05, 0.1) is 0 Å². The fraction of sp³-hybridized carbons (Fsp3) is 0.933. The lowest BCUT2D eigenvalue weighted by atomic mass is 9.63. The summed E-state index contributed by atoms with van der Waals surface area (Å²) in [5, 5.41) is 0. The Kier molecular flexibility index (Phi) is 4.62. The van der Waals surface area contributed by atoms with Crippen molar-refractivity contribution in [3.8, 4) is 0 Å². The third kappa shape index (κ3) is 3.72. The topological polar surface area (TPSA) is 26.3 Å². The van der Waals surface area contributed by atoms with Crippen LogP contribution in [0.5, 0.6) is 0 Å². The normalized spacial score (nSPS) is 34.5. The molecule has 0 saturated heterocycles. The van der Waals surface area contributed by atoms with Crippen molar-refractivity contribution in [2.24, 2.45) is 23.2 Å². The first-order valence-electron chi connectivity index (χ1n) is 6.92. The number of hydrogen-bond donors (Lipinski definition) is 0. The number of carbonyl (C=O) groups excluding carboxylic acids is 1. The minimum absolute atomic E-state index is 0.119. The van der Waals surface area contributed by atoms with E-state index in [4.69, 9.17) is 4.74 Å². The smallest absolute Gasteiger partial charge is 0.302 e. The summed E-state index contributed by atoms with van der Waals surface area (Å²) in [4.78, 5) is 11.3. The second kappa shape index (κ2) is 5.41. The van der Waals surface area contributed by atoms with E-state index < -0.39 is 0 Å². The molecule has 1 aliphatic rings. The monoisotopic (exact) mass is 240 g/mol. The third-order valence-electron chi connectivity index (χ3n) is 4.16. The first-order valence-corrected chi connectivity index (χ1v) is 6.92. The molecule has 1 fully saturated rings. The van der Waals surface area contributed by atoms with E-state index in [1.807, 2.05) is 0 Å². The molecule has 4 unspecified atom stereocenters. The van der Waals surface area contributed by atoms with Gasteiger partial charge in [-0.2, -0.15) is 0 Å². The molecule has 0 heterocycles. The summed E-state index contributed by atoms with van der Waals surface area (Å²) >= 11 is 0. The molecule has 0 radical (unpaired) electrons. The fourth-order valence-corrected chi connectivity index (χ4v) is 3.26. The van der Waals surface area contributed by atoms with Crippen LogP contribution in [0, 0.1) is 23.2 Å². The summed E-state index contributed by atoms with van der Waals surface area (Å²) in [6.45, 7) is 12.9. The molecule has 0 aliphatic heterocycles. The van der Waals surface area contributed by atoms with Crippen LogP contribution in [0.3, 0.4) is 0 Å². The molecule has 0 aromatic rings. The van der Waals surface area contributed by atoms with Crippen LogP contribution in [0.15, 0.2) is 0 Å². The number of hydrogen-bond acceptors (Lipinski definition) is 2. The van der Waals surface area contributed by atoms with Crippen LogP contribution in [-0.4, -0.2) is 12.1 Å². The van der Waals surface area contributed by atoms with E-state index >= 15 is 0 Å². The molecule has 0 aromatic carbocycles. The molecule has 17 heavy (non-hydrogen) atoms. The predicted octanol–water partition coefficient (Wildman–Crippen LogP) is 4.04. The first kappa shape index (κ1) is 14.5. The van der Waals surface area contributed by atoms with Crippen molar-refractivity contribution in [2.75, 3.05) is 0 Å². The summed E-state index contributed by atoms with van der Waals surface area (Å²) in [7, 11) is 0. The lowest BCUT2D eigenvalue weighted by Crippen LogP contribution is -2.45. The van der Waals surface area contributed by atoms with Gasteiger partial charge in [0.2, 0.25) is 0 Å². The van der Waals surface area contributed by atoms with Gasteiger partial charge in [-0.05, 0) is 36.5 Å². The quantitative estimate of drug-likeness (QED) is 0.681. The van der Waals surface area contributed by atoms with Gasteiger partial charge in [-0.25, -0.2) is 0 Å². The number of rotatable bonds is 2. The Labute approximate surface area is 106 Å². The minimum atomic E-state index is -0.128. The van der Waals surface area contributed by atoms with Gasteiger partial charge in [0, 0.05) is 12.8 Å². The van der Waals surface area contributed by atoms with E-state index in [9.17, 15) is 4.79 Å². The maximum atomic E-state index is 11.3. The molecule has 100 valence electrons. The van der Waals surface area contributed by atoms with E-state index in [0.29, 0.717) is 11.8 Å². The van der Waals surface area contributed by atoms with E-state index in [1.54, 1.807) is 0 Å². The van der Waals surface area contributed by atoms with Crippen LogP contribution in [0.2, 0.25) is 0 Å². The van der Waals surface area contributed by atoms with Crippen LogP contribution in [0.4, 0.5) is 0 Å². The Morgan fingerprint density at radius 3 is 2.29 bits per heavy atom. The second-order valence-electron chi connectivity index (χ2n) is 6.79. The maximum Gasteiger partial charge on any atom is 0.302 e. The largest absolute Gasteiger partial charge is 0.462 e. The van der Waals surface area contributed by atoms with Gasteiger partial charge >= 0.3 is 5.97 Å². The minimum Gasteiger partial charge on any atom is -0.462 e. The number of ether oxygens (including phenoxy) is 1. The van der Waals surface area contributed by atoms with E-state index in [1.165, 1.54) is 19.8 Å². The zero-order valence-corrected chi connectivity index (χ0v) is 12.2. The average molecular weight is 240 g/mol. The van der Waals surface area contributed by atoms with Crippen LogP contribution < -0.4 is 0 Å². The molecule has 0 aromatic heterocycles. The van der Waals surface area contributed by atoms with Crippen molar-refractivity contribution in [1.82, 2.24) is 0 Å². The highest BCUT2D eigenvalue weighted by atomic mass is 16.5. The Morgan fingerprint density at radius 2 is 1.88 bits per heavy atom. The van der Waals surface area contributed by atoms with Gasteiger partial charge in [0.1, 0.15) is 6.10 Å². The molecule has 0 bridgehead atoms. The zero-order valence-electron chi connectivity index (χ0n) is 12.2. The Bertz CT molecular complexity index is 265. The average Bonchev–Trinajstić information content (AvgIpc) is 2.17. The molecule has 1 aliphatic carbocycles. The molecule has 0 spiro atoms. The Morgan fingerprint density at radius 1 is 1.29 bits per heavy atom. The van der Waals surface area contributed by atoms with Crippen molar-refractivity contribution < 1.29 is 9.53 Å². The third-order valence-corrected chi connectivity index (χ3v) is 4.16. The van der Waals surface area contributed by atoms with Crippen molar-refractivity contribution in [1.29, 1.82) is 0 Å². The molecule has 4 atom stereocenters. The molecule has 1 saturated carbocycles. The predicted molar refractivity (Wildman–Crippen MR) is 70.7 cm³/mol. The molecular formula is C15H28O2. The molecule has 2 heteroatoms. The molecule has 1 rings (SSSR count). The van der Waals surface area contributed by atoms with Crippen LogP contribution in [0.25, 0.3) is 0 Å². The van der Waals surface area contributed by atoms with Crippen molar-refractivity contribution in [2.45, 2.75) is 66.9 Å². The molecular weight excluding hydrogens is 212 g/mol. The summed E-state index contributed by atoms with van der Waals surface area (Å²) < 4.78 is 5.64. The van der Waals surface area contributed by atoms with E-state index in [2.05, 4.69) is 34.6 Å². The van der Waals surface area contributed by atoms with E-state index in [-0.39, 0.29) is 17.5 Å². The maximum absolute atomic E-state index is 11.3. The Balaban J connectivity index is 2.91. The van der Waals surface area contributed by atoms with Gasteiger partial charge in [0.25, 0.3) is 0 Å². The summed E-state index contributed by atoms with van der Waals surface area (Å²) in [5.74, 6) is 1.64. The summed E-state index contributed by atoms with van der Waals surface area (Å²) in [6.07, 6.45) is 3.60.